The second-order valence-electron chi connectivity index (χ2n) is 6.75. The van der Waals surface area contributed by atoms with Crippen LogP contribution in [0, 0.1) is 10.1 Å². The Kier molecular flexibility index (Phi) is 6.76. The fourth-order valence-electron chi connectivity index (χ4n) is 3.16. The van der Waals surface area contributed by atoms with Crippen LogP contribution in [0.5, 0.6) is 0 Å². The first-order chi connectivity index (χ1) is 14.0. The monoisotopic (exact) mass is 392 g/mol. The van der Waals surface area contributed by atoms with Gasteiger partial charge in [0.15, 0.2) is 0 Å². The van der Waals surface area contributed by atoms with E-state index in [2.05, 4.69) is 40.2 Å². The zero-order chi connectivity index (χ0) is 20.6. The largest absolute Gasteiger partial charge is 0.383 e. The Bertz CT molecular complexity index is 984. The summed E-state index contributed by atoms with van der Waals surface area (Å²) in [6.45, 7) is 3.26. The molecule has 3 aromatic carbocycles. The van der Waals surface area contributed by atoms with Gasteiger partial charge in [-0.2, -0.15) is 0 Å². The number of hydrogen-bond donors (Lipinski definition) is 3. The van der Waals surface area contributed by atoms with E-state index in [9.17, 15) is 14.9 Å². The average molecular weight is 392 g/mol. The molecule has 150 valence electrons. The van der Waals surface area contributed by atoms with Crippen molar-refractivity contribution >= 4 is 28.1 Å². The number of hydrogen-bond acceptors (Lipinski definition) is 5. The van der Waals surface area contributed by atoms with E-state index >= 15 is 0 Å². The van der Waals surface area contributed by atoms with Crippen molar-refractivity contribution in [1.29, 1.82) is 0 Å². The predicted molar refractivity (Wildman–Crippen MR) is 115 cm³/mol. The summed E-state index contributed by atoms with van der Waals surface area (Å²) < 4.78 is 0. The highest BCUT2D eigenvalue weighted by molar-refractivity contribution is 5.86. The summed E-state index contributed by atoms with van der Waals surface area (Å²) in [5.74, 6) is -0.0809. The van der Waals surface area contributed by atoms with Gasteiger partial charge in [-0.05, 0) is 35.4 Å². The van der Waals surface area contributed by atoms with Crippen LogP contribution < -0.4 is 16.0 Å². The van der Waals surface area contributed by atoms with Crippen molar-refractivity contribution in [3.05, 3.63) is 82.4 Å². The second kappa shape index (κ2) is 9.66. The van der Waals surface area contributed by atoms with Crippen LogP contribution in [0.2, 0.25) is 0 Å². The quantitative estimate of drug-likeness (QED) is 0.294. The molecule has 0 aliphatic carbocycles. The molecule has 1 amide bonds. The SMILES string of the molecule is C[C@@H](NCC(=O)NCCNc1ccc([N+](=O)[O-])cc1)c1cccc2ccccc12. The number of nitro benzene ring substituents is 1. The molecule has 0 heterocycles. The van der Waals surface area contributed by atoms with Gasteiger partial charge in [0.25, 0.3) is 5.69 Å². The molecule has 0 saturated carbocycles. The van der Waals surface area contributed by atoms with Gasteiger partial charge in [0.05, 0.1) is 11.5 Å². The number of nitrogens with zero attached hydrogens (tertiary/aromatic N) is 1. The number of anilines is 1. The number of rotatable bonds is 9. The van der Waals surface area contributed by atoms with Crippen LogP contribution in [0.15, 0.2) is 66.7 Å². The van der Waals surface area contributed by atoms with Crippen molar-refractivity contribution in [2.45, 2.75) is 13.0 Å². The van der Waals surface area contributed by atoms with Crippen molar-refractivity contribution in [3.63, 3.8) is 0 Å². The van der Waals surface area contributed by atoms with E-state index in [0.717, 1.165) is 11.3 Å². The Morgan fingerprint density at radius 1 is 1.00 bits per heavy atom. The lowest BCUT2D eigenvalue weighted by atomic mass is 10.00. The van der Waals surface area contributed by atoms with Gasteiger partial charge in [-0.15, -0.1) is 0 Å². The number of amides is 1. The summed E-state index contributed by atoms with van der Waals surface area (Å²) in [6, 6.07) is 20.6. The lowest BCUT2D eigenvalue weighted by Gasteiger charge is -2.16. The summed E-state index contributed by atoms with van der Waals surface area (Å²) in [7, 11) is 0. The molecule has 3 N–H and O–H groups in total. The highest BCUT2D eigenvalue weighted by atomic mass is 16.6. The molecule has 0 spiro atoms. The third-order valence-electron chi connectivity index (χ3n) is 4.71. The molecule has 0 aliphatic rings. The first kappa shape index (κ1) is 20.3. The van der Waals surface area contributed by atoms with Crippen molar-refractivity contribution < 1.29 is 9.72 Å². The Balaban J connectivity index is 1.41. The van der Waals surface area contributed by atoms with E-state index < -0.39 is 4.92 Å². The number of carbonyl (C=O) groups excluding carboxylic acids is 1. The van der Waals surface area contributed by atoms with E-state index in [1.165, 1.54) is 22.9 Å². The zero-order valence-electron chi connectivity index (χ0n) is 16.2. The van der Waals surface area contributed by atoms with Crippen LogP contribution >= 0.6 is 0 Å². The van der Waals surface area contributed by atoms with Crippen LogP contribution in [-0.4, -0.2) is 30.5 Å². The highest BCUT2D eigenvalue weighted by Crippen LogP contribution is 2.23. The Hall–Kier alpha value is -3.45. The Morgan fingerprint density at radius 3 is 2.48 bits per heavy atom. The molecule has 0 aromatic heterocycles. The molecule has 0 bridgehead atoms. The molecular weight excluding hydrogens is 368 g/mol. The van der Waals surface area contributed by atoms with E-state index in [1.54, 1.807) is 12.1 Å². The molecule has 3 aromatic rings. The number of non-ortho nitro benzene ring substituents is 1. The smallest absolute Gasteiger partial charge is 0.269 e. The number of benzene rings is 3. The molecular formula is C22H24N4O3. The summed E-state index contributed by atoms with van der Waals surface area (Å²) in [5.41, 5.74) is 1.98. The van der Waals surface area contributed by atoms with Crippen LogP contribution in [0.4, 0.5) is 11.4 Å². The van der Waals surface area contributed by atoms with Crippen molar-refractivity contribution in [2.75, 3.05) is 25.0 Å². The van der Waals surface area contributed by atoms with Crippen LogP contribution in [0.25, 0.3) is 10.8 Å². The van der Waals surface area contributed by atoms with Gasteiger partial charge in [0, 0.05) is 37.0 Å². The molecule has 0 radical (unpaired) electrons. The highest BCUT2D eigenvalue weighted by Gasteiger charge is 2.10. The number of fused-ring (bicyclic) bond motifs is 1. The predicted octanol–water partition coefficient (Wildman–Crippen LogP) is 3.63. The summed E-state index contributed by atoms with van der Waals surface area (Å²) in [6.07, 6.45) is 0. The Labute approximate surface area is 169 Å². The van der Waals surface area contributed by atoms with Gasteiger partial charge in [-0.25, -0.2) is 0 Å². The molecule has 1 atom stereocenters. The number of carbonyl (C=O) groups is 1. The molecule has 3 rings (SSSR count). The lowest BCUT2D eigenvalue weighted by molar-refractivity contribution is -0.384. The summed E-state index contributed by atoms with van der Waals surface area (Å²) >= 11 is 0. The first-order valence-electron chi connectivity index (χ1n) is 9.50. The lowest BCUT2D eigenvalue weighted by Crippen LogP contribution is -2.37. The molecule has 0 unspecified atom stereocenters. The van der Waals surface area contributed by atoms with E-state index in [4.69, 9.17) is 0 Å². The maximum atomic E-state index is 12.1. The molecule has 0 saturated heterocycles. The van der Waals surface area contributed by atoms with Crippen molar-refractivity contribution in [2.24, 2.45) is 0 Å². The second-order valence-corrected chi connectivity index (χ2v) is 6.75. The van der Waals surface area contributed by atoms with Crippen LogP contribution in [0.3, 0.4) is 0 Å². The first-order valence-corrected chi connectivity index (χ1v) is 9.50. The minimum Gasteiger partial charge on any atom is -0.383 e. The van der Waals surface area contributed by atoms with Crippen LogP contribution in [-0.2, 0) is 4.79 Å². The fraction of sp³-hybridized carbons (Fsp3) is 0.227. The normalized spacial score (nSPS) is 11.8. The molecule has 7 nitrogen and oxygen atoms in total. The third kappa shape index (κ3) is 5.52. The third-order valence-corrected chi connectivity index (χ3v) is 4.71. The van der Waals surface area contributed by atoms with E-state index in [-0.39, 0.29) is 24.2 Å². The van der Waals surface area contributed by atoms with Gasteiger partial charge in [0.1, 0.15) is 0 Å². The van der Waals surface area contributed by atoms with Gasteiger partial charge in [-0.3, -0.25) is 14.9 Å². The molecule has 7 heteroatoms. The summed E-state index contributed by atoms with van der Waals surface area (Å²) in [4.78, 5) is 22.3. The average Bonchev–Trinajstić information content (AvgIpc) is 2.75. The molecule has 0 aliphatic heterocycles. The Morgan fingerprint density at radius 2 is 1.72 bits per heavy atom. The topological polar surface area (TPSA) is 96.3 Å². The zero-order valence-corrected chi connectivity index (χ0v) is 16.2. The standard InChI is InChI=1S/C22H24N4O3/c1-16(20-8-4-6-17-5-2-3-7-21(17)20)25-15-22(27)24-14-13-23-18-9-11-19(12-10-18)26(28)29/h2-12,16,23,25H,13-15H2,1H3,(H,24,27)/t16-/m1/s1. The molecule has 0 fully saturated rings. The maximum absolute atomic E-state index is 12.1. The van der Waals surface area contributed by atoms with Gasteiger partial charge < -0.3 is 16.0 Å². The van der Waals surface area contributed by atoms with Crippen molar-refractivity contribution in [1.82, 2.24) is 10.6 Å². The minimum absolute atomic E-state index is 0.0464. The van der Waals surface area contributed by atoms with Gasteiger partial charge in [-0.1, -0.05) is 42.5 Å². The fourth-order valence-corrected chi connectivity index (χ4v) is 3.16. The number of nitro groups is 1. The van der Waals surface area contributed by atoms with Gasteiger partial charge in [0.2, 0.25) is 5.91 Å². The molecule has 29 heavy (non-hydrogen) atoms. The maximum Gasteiger partial charge on any atom is 0.269 e. The van der Waals surface area contributed by atoms with Crippen molar-refractivity contribution in [3.8, 4) is 0 Å². The van der Waals surface area contributed by atoms with Gasteiger partial charge >= 0.3 is 0 Å². The summed E-state index contributed by atoms with van der Waals surface area (Å²) in [5, 5.41) is 22.3. The van der Waals surface area contributed by atoms with E-state index in [1.807, 2.05) is 25.1 Å². The van der Waals surface area contributed by atoms with Crippen LogP contribution in [0.1, 0.15) is 18.5 Å². The minimum atomic E-state index is -0.434. The van der Waals surface area contributed by atoms with E-state index in [0.29, 0.717) is 13.1 Å². The number of nitrogens with one attached hydrogen (secondary N) is 3.